The molecule has 10 heteroatoms. The van der Waals surface area contributed by atoms with Gasteiger partial charge in [0.05, 0.1) is 18.6 Å². The van der Waals surface area contributed by atoms with Crippen molar-refractivity contribution in [1.29, 1.82) is 0 Å². The molecule has 0 spiro atoms. The van der Waals surface area contributed by atoms with Crippen LogP contribution in [0.15, 0.2) is 119 Å². The molecule has 6 rings (SSSR count). The first-order chi connectivity index (χ1) is 22.9. The number of rotatable bonds is 9. The maximum absolute atomic E-state index is 14.9. The molecule has 4 atom stereocenters. The summed E-state index contributed by atoms with van der Waals surface area (Å²) in [5.74, 6) is -0.112. The molecule has 10 nitrogen and oxygen atoms in total. The molecule has 1 fully saturated rings. The number of urea groups is 1. The molecule has 2 aliphatic rings. The quantitative estimate of drug-likeness (QED) is 0.208. The van der Waals surface area contributed by atoms with Crippen LogP contribution >= 0.6 is 0 Å². The Morgan fingerprint density at radius 1 is 0.745 bits per heavy atom. The lowest BCUT2D eigenvalue weighted by Crippen LogP contribution is -2.50. The van der Waals surface area contributed by atoms with Crippen LogP contribution in [0.1, 0.15) is 32.6 Å². The summed E-state index contributed by atoms with van der Waals surface area (Å²) in [4.78, 5) is 39.4. The first-order valence-corrected chi connectivity index (χ1v) is 15.7. The summed E-state index contributed by atoms with van der Waals surface area (Å²) in [6.45, 7) is 0.678. The number of benzene rings is 4. The molecule has 4 aromatic carbocycles. The van der Waals surface area contributed by atoms with Crippen molar-refractivity contribution in [2.75, 3.05) is 12.3 Å². The van der Waals surface area contributed by atoms with Crippen molar-refractivity contribution in [1.82, 2.24) is 15.1 Å². The van der Waals surface area contributed by atoms with Gasteiger partial charge >= 0.3 is 6.03 Å². The van der Waals surface area contributed by atoms with E-state index in [1.54, 1.807) is 40.3 Å². The van der Waals surface area contributed by atoms with Crippen molar-refractivity contribution in [3.05, 3.63) is 137 Å². The predicted octanol–water partition coefficient (Wildman–Crippen LogP) is 3.82. The largest absolute Gasteiger partial charge is 0.399 e. The number of nitrogens with two attached hydrogens (primary N) is 1. The molecule has 0 bridgehead atoms. The molecule has 1 saturated heterocycles. The first kappa shape index (κ1) is 31.7. The normalized spacial score (nSPS) is 21.0. The summed E-state index contributed by atoms with van der Waals surface area (Å²) in [5, 5.41) is 26.6. The van der Waals surface area contributed by atoms with Crippen LogP contribution in [0.3, 0.4) is 0 Å². The molecule has 240 valence electrons. The number of anilines is 1. The van der Waals surface area contributed by atoms with Crippen LogP contribution in [-0.4, -0.2) is 75.0 Å². The number of guanidine groups is 1. The van der Waals surface area contributed by atoms with E-state index in [-0.39, 0.29) is 31.0 Å². The van der Waals surface area contributed by atoms with Crippen LogP contribution in [-0.2, 0) is 25.9 Å². The summed E-state index contributed by atoms with van der Waals surface area (Å²) < 4.78 is 0. The van der Waals surface area contributed by atoms with Gasteiger partial charge in [-0.05, 0) is 59.4 Å². The Kier molecular flexibility index (Phi) is 9.70. The second-order valence-corrected chi connectivity index (χ2v) is 11.9. The van der Waals surface area contributed by atoms with E-state index in [4.69, 9.17) is 5.73 Å². The third-order valence-electron chi connectivity index (χ3n) is 8.61. The molecule has 0 unspecified atom stereocenters. The van der Waals surface area contributed by atoms with Crippen molar-refractivity contribution in [2.45, 2.75) is 50.2 Å². The average molecular weight is 631 g/mol. The Balaban J connectivity index is 1.39. The molecule has 0 radical (unpaired) electrons. The Hall–Kier alpha value is -5.32. The topological polar surface area (TPSA) is 144 Å². The zero-order valence-electron chi connectivity index (χ0n) is 25.9. The second kappa shape index (κ2) is 14.4. The maximum Gasteiger partial charge on any atom is 0.321 e. The summed E-state index contributed by atoms with van der Waals surface area (Å²) in [5.41, 5.74) is 10.4. The highest BCUT2D eigenvalue weighted by molar-refractivity contribution is 6.08. The number of hydrogen-bond acceptors (Lipinski definition) is 7. The molecule has 0 aromatic heterocycles. The number of aliphatic hydroxyl groups is 2. The summed E-state index contributed by atoms with van der Waals surface area (Å²) in [7, 11) is 0. The van der Waals surface area contributed by atoms with Gasteiger partial charge in [0.1, 0.15) is 12.2 Å². The molecule has 0 saturated carbocycles. The fourth-order valence-corrected chi connectivity index (χ4v) is 6.25. The highest BCUT2D eigenvalue weighted by atomic mass is 16.3. The summed E-state index contributed by atoms with van der Waals surface area (Å²) >= 11 is 0. The third kappa shape index (κ3) is 7.57. The Morgan fingerprint density at radius 3 is 1.81 bits per heavy atom. The zero-order valence-corrected chi connectivity index (χ0v) is 25.9. The van der Waals surface area contributed by atoms with Crippen LogP contribution in [0.2, 0.25) is 0 Å². The molecule has 2 aliphatic heterocycles. The van der Waals surface area contributed by atoms with Crippen LogP contribution in [0.4, 0.5) is 10.5 Å². The molecule has 2 heterocycles. The number of nitrogens with one attached hydrogen (secondary N) is 1. The minimum Gasteiger partial charge on any atom is -0.399 e. The lowest BCUT2D eigenvalue weighted by atomic mass is 9.91. The highest BCUT2D eigenvalue weighted by Gasteiger charge is 2.46. The lowest BCUT2D eigenvalue weighted by molar-refractivity contribution is -0.0408. The summed E-state index contributed by atoms with van der Waals surface area (Å²) in [6.07, 6.45) is -0.273. The number of carbonyl (C=O) groups excluding carboxylic acids is 2. The third-order valence-corrected chi connectivity index (χ3v) is 8.61. The molecule has 4 aromatic rings. The van der Waals surface area contributed by atoms with Gasteiger partial charge in [-0.25, -0.2) is 14.8 Å². The highest BCUT2D eigenvalue weighted by Crippen LogP contribution is 2.30. The predicted molar refractivity (Wildman–Crippen MR) is 182 cm³/mol. The SMILES string of the molecule is Nc1cccc(CN2C(=O)N(Cc3cccc(C(=O)NC4=NCC=N4)c3)[C@H](Cc3ccccc3)[C@H](O)[C@@H](O)[C@H]2Cc2ccccc2)c1. The number of nitrogen functional groups attached to an aromatic ring is 1. The van der Waals surface area contributed by atoms with E-state index < -0.39 is 24.3 Å². The monoisotopic (exact) mass is 630 g/mol. The van der Waals surface area contributed by atoms with Gasteiger partial charge in [0, 0.05) is 30.6 Å². The van der Waals surface area contributed by atoms with Gasteiger partial charge in [-0.15, -0.1) is 0 Å². The van der Waals surface area contributed by atoms with Gasteiger partial charge in [-0.2, -0.15) is 0 Å². The van der Waals surface area contributed by atoms with E-state index in [2.05, 4.69) is 15.3 Å². The van der Waals surface area contributed by atoms with E-state index in [1.807, 2.05) is 84.9 Å². The van der Waals surface area contributed by atoms with Crippen molar-refractivity contribution < 1.29 is 19.8 Å². The number of aliphatic imine (C=N–C) groups is 2. The van der Waals surface area contributed by atoms with Gasteiger partial charge in [0.15, 0.2) is 0 Å². The number of aliphatic hydroxyl groups excluding tert-OH is 2. The second-order valence-electron chi connectivity index (χ2n) is 11.9. The standard InChI is InChI=1S/C37H38N6O4/c38-30-16-8-14-28(20-30)24-43-32(22-26-11-5-2-6-12-26)34(45)33(44)31(21-25-9-3-1-4-10-25)42(37(43)47)23-27-13-7-15-29(19-27)35(46)41-36-39-17-18-40-36/h1-17,19-20,31-34,44-45H,18,21-24,38H2,(H,40,41,46)/t31-,32-,33+,34+/m1/s1. The molecule has 0 aliphatic carbocycles. The minimum absolute atomic E-state index is 0.0891. The number of nitrogens with zero attached hydrogens (tertiary/aromatic N) is 4. The lowest BCUT2D eigenvalue weighted by Gasteiger charge is -2.36. The van der Waals surface area contributed by atoms with E-state index in [0.717, 1.165) is 16.7 Å². The Morgan fingerprint density at radius 2 is 1.28 bits per heavy atom. The smallest absolute Gasteiger partial charge is 0.321 e. The fourth-order valence-electron chi connectivity index (χ4n) is 6.25. The van der Waals surface area contributed by atoms with E-state index in [0.29, 0.717) is 36.2 Å². The molecule has 3 amide bonds. The van der Waals surface area contributed by atoms with Crippen molar-refractivity contribution in [3.63, 3.8) is 0 Å². The van der Waals surface area contributed by atoms with Crippen LogP contribution in [0.25, 0.3) is 0 Å². The van der Waals surface area contributed by atoms with Crippen molar-refractivity contribution in [2.24, 2.45) is 9.98 Å². The van der Waals surface area contributed by atoms with Crippen molar-refractivity contribution >= 4 is 29.8 Å². The van der Waals surface area contributed by atoms with E-state index in [9.17, 15) is 19.8 Å². The fraction of sp³-hybridized carbons (Fsp3) is 0.243. The van der Waals surface area contributed by atoms with Gasteiger partial charge in [0.2, 0.25) is 5.96 Å². The van der Waals surface area contributed by atoms with Gasteiger partial charge in [-0.3, -0.25) is 10.1 Å². The minimum atomic E-state index is -1.27. The van der Waals surface area contributed by atoms with E-state index in [1.165, 1.54) is 0 Å². The van der Waals surface area contributed by atoms with Gasteiger partial charge in [0.25, 0.3) is 5.91 Å². The number of carbonyl (C=O) groups is 2. The number of amides is 3. The Bertz CT molecular complexity index is 1760. The summed E-state index contributed by atoms with van der Waals surface area (Å²) in [6, 6.07) is 31.7. The van der Waals surface area contributed by atoms with Gasteiger partial charge in [-0.1, -0.05) is 84.9 Å². The van der Waals surface area contributed by atoms with Crippen molar-refractivity contribution in [3.8, 4) is 0 Å². The molecular weight excluding hydrogens is 592 g/mol. The van der Waals surface area contributed by atoms with Gasteiger partial charge < -0.3 is 25.7 Å². The first-order valence-electron chi connectivity index (χ1n) is 15.7. The van der Waals surface area contributed by atoms with Crippen LogP contribution < -0.4 is 11.1 Å². The average Bonchev–Trinajstić information content (AvgIpc) is 3.59. The number of hydrogen-bond donors (Lipinski definition) is 4. The van der Waals surface area contributed by atoms with E-state index >= 15 is 0 Å². The molecular formula is C37H38N6O4. The Labute approximate surface area is 273 Å². The molecule has 5 N–H and O–H groups in total. The zero-order chi connectivity index (χ0) is 32.8. The molecule has 47 heavy (non-hydrogen) atoms. The van der Waals surface area contributed by atoms with Crippen LogP contribution in [0.5, 0.6) is 0 Å². The van der Waals surface area contributed by atoms with Crippen LogP contribution in [0, 0.1) is 0 Å². The maximum atomic E-state index is 14.9.